The minimum atomic E-state index is -0.457. The Kier molecular flexibility index (Phi) is 9.12. The predicted octanol–water partition coefficient (Wildman–Crippen LogP) is 3.55. The lowest BCUT2D eigenvalue weighted by Crippen LogP contribution is -2.48. The summed E-state index contributed by atoms with van der Waals surface area (Å²) in [4.78, 5) is 44.1. The molecule has 1 aliphatic rings. The largest absolute Gasteiger partial charge is 0.385 e. The van der Waals surface area contributed by atoms with Crippen molar-refractivity contribution in [3.05, 3.63) is 21.3 Å². The molecule has 8 nitrogen and oxygen atoms in total. The van der Waals surface area contributed by atoms with Crippen molar-refractivity contribution < 1.29 is 14.3 Å². The van der Waals surface area contributed by atoms with Crippen molar-refractivity contribution >= 4 is 45.3 Å². The zero-order valence-corrected chi connectivity index (χ0v) is 20.6. The maximum atomic E-state index is 13.1. The van der Waals surface area contributed by atoms with Crippen molar-refractivity contribution in [1.82, 2.24) is 20.2 Å². The Hall–Kier alpha value is -1.91. The van der Waals surface area contributed by atoms with Gasteiger partial charge in [0.2, 0.25) is 5.91 Å². The van der Waals surface area contributed by atoms with Crippen LogP contribution in [0.4, 0.5) is 4.79 Å². The molecule has 0 saturated heterocycles. The number of hydrogen-bond donors (Lipinski definition) is 2. The maximum Gasteiger partial charge on any atom is 0.321 e. The lowest BCUT2D eigenvalue weighted by atomic mass is 9.86. The quantitative estimate of drug-likeness (QED) is 0.323. The van der Waals surface area contributed by atoms with Gasteiger partial charge in [0.25, 0.3) is 5.56 Å². The molecule has 2 heterocycles. The Bertz CT molecular complexity index is 1000. The average Bonchev–Trinajstić information content (AvgIpc) is 3.19. The number of ether oxygens (including phenoxy) is 1. The molecule has 0 unspecified atom stereocenters. The van der Waals surface area contributed by atoms with Gasteiger partial charge in [-0.3, -0.25) is 19.5 Å². The highest BCUT2D eigenvalue weighted by molar-refractivity contribution is 7.99. The summed E-state index contributed by atoms with van der Waals surface area (Å²) >= 11 is 2.67. The molecule has 1 saturated carbocycles. The maximum absolute atomic E-state index is 13.1. The first-order valence-electron chi connectivity index (χ1n) is 11.2. The van der Waals surface area contributed by atoms with Crippen LogP contribution in [0.1, 0.15) is 50.8 Å². The molecule has 0 spiro atoms. The highest BCUT2D eigenvalue weighted by Gasteiger charge is 2.23. The number of carbonyl (C=O) groups excluding carboxylic acids is 2. The van der Waals surface area contributed by atoms with Crippen molar-refractivity contribution in [2.24, 2.45) is 5.92 Å². The van der Waals surface area contributed by atoms with Crippen LogP contribution in [-0.4, -0.2) is 47.0 Å². The standard InChI is InChI=1S/C22H32N4O4S2/c1-4-15-12-16-19(32-15)25-22(26(20(16)28)10-7-11-30-3)31-13-18(27)24-21(29)23-17-9-6-5-8-14(17)2/h12,14,17H,4-11,13H2,1-3H3,(H2,23,24,27,29)/t14-,17+/m0/s1. The zero-order chi connectivity index (χ0) is 23.1. The van der Waals surface area contributed by atoms with Crippen LogP contribution in [0.3, 0.4) is 0 Å². The molecule has 3 rings (SSSR count). The minimum Gasteiger partial charge on any atom is -0.385 e. The first kappa shape index (κ1) is 24.7. The van der Waals surface area contributed by atoms with E-state index in [9.17, 15) is 14.4 Å². The van der Waals surface area contributed by atoms with Crippen molar-refractivity contribution in [2.45, 2.75) is 70.1 Å². The Morgan fingerprint density at radius 2 is 2.12 bits per heavy atom. The number of methoxy groups -OCH3 is 1. The molecule has 10 heteroatoms. The topological polar surface area (TPSA) is 102 Å². The fourth-order valence-electron chi connectivity index (χ4n) is 3.92. The van der Waals surface area contributed by atoms with Gasteiger partial charge >= 0.3 is 6.03 Å². The van der Waals surface area contributed by atoms with E-state index in [0.29, 0.717) is 40.9 Å². The normalized spacial score (nSPS) is 18.6. The molecule has 32 heavy (non-hydrogen) atoms. The number of thioether (sulfide) groups is 1. The lowest BCUT2D eigenvalue weighted by Gasteiger charge is -2.29. The fourth-order valence-corrected chi connectivity index (χ4v) is 5.76. The van der Waals surface area contributed by atoms with Gasteiger partial charge in [-0.05, 0) is 37.7 Å². The van der Waals surface area contributed by atoms with Crippen molar-refractivity contribution in [1.29, 1.82) is 0 Å². The fraction of sp³-hybridized carbons (Fsp3) is 0.636. The van der Waals surface area contributed by atoms with Crippen LogP contribution in [-0.2, 0) is 22.5 Å². The lowest BCUT2D eigenvalue weighted by molar-refractivity contribution is -0.117. The second-order valence-electron chi connectivity index (χ2n) is 8.16. The molecule has 0 radical (unpaired) electrons. The minimum absolute atomic E-state index is 0.00186. The van der Waals surface area contributed by atoms with E-state index in [0.717, 1.165) is 30.6 Å². The molecular formula is C22H32N4O4S2. The summed E-state index contributed by atoms with van der Waals surface area (Å²) in [5.41, 5.74) is -0.103. The highest BCUT2D eigenvalue weighted by atomic mass is 32.2. The van der Waals surface area contributed by atoms with Gasteiger partial charge in [-0.2, -0.15) is 0 Å². The number of thiophene rings is 1. The number of hydrogen-bond acceptors (Lipinski definition) is 7. The third-order valence-electron chi connectivity index (χ3n) is 5.76. The van der Waals surface area contributed by atoms with E-state index in [1.807, 2.05) is 13.0 Å². The third kappa shape index (κ3) is 6.32. The van der Waals surface area contributed by atoms with E-state index < -0.39 is 11.9 Å². The SMILES string of the molecule is CCc1cc2c(=O)n(CCCOC)c(SCC(=O)NC(=O)N[C@@H]3CCCC[C@@H]3C)nc2s1. The predicted molar refractivity (Wildman–Crippen MR) is 129 cm³/mol. The summed E-state index contributed by atoms with van der Waals surface area (Å²) in [6, 6.07) is 1.55. The Morgan fingerprint density at radius 3 is 2.84 bits per heavy atom. The smallest absolute Gasteiger partial charge is 0.321 e. The molecule has 2 N–H and O–H groups in total. The highest BCUT2D eigenvalue weighted by Crippen LogP contribution is 2.26. The van der Waals surface area contributed by atoms with Gasteiger partial charge in [-0.15, -0.1) is 11.3 Å². The number of nitrogens with zero attached hydrogens (tertiary/aromatic N) is 2. The average molecular weight is 481 g/mol. The Labute approximate surface area is 196 Å². The number of aromatic nitrogens is 2. The van der Waals surface area contributed by atoms with Gasteiger partial charge < -0.3 is 10.1 Å². The number of rotatable bonds is 9. The summed E-state index contributed by atoms with van der Waals surface area (Å²) in [5.74, 6) is 0.00595. The van der Waals surface area contributed by atoms with Crippen LogP contribution in [0.15, 0.2) is 16.0 Å². The Morgan fingerprint density at radius 1 is 1.34 bits per heavy atom. The number of imide groups is 1. The van der Waals surface area contributed by atoms with E-state index in [-0.39, 0.29) is 17.4 Å². The number of aryl methyl sites for hydroxylation is 1. The van der Waals surface area contributed by atoms with Crippen molar-refractivity contribution in [3.63, 3.8) is 0 Å². The zero-order valence-electron chi connectivity index (χ0n) is 18.9. The molecule has 0 aliphatic heterocycles. The van der Waals surface area contributed by atoms with Gasteiger partial charge in [0, 0.05) is 31.2 Å². The van der Waals surface area contributed by atoms with Gasteiger partial charge in [0.15, 0.2) is 5.16 Å². The second kappa shape index (κ2) is 11.8. The first-order chi connectivity index (χ1) is 15.4. The van der Waals surface area contributed by atoms with Gasteiger partial charge in [0.1, 0.15) is 4.83 Å². The molecular weight excluding hydrogens is 448 g/mol. The summed E-state index contributed by atoms with van der Waals surface area (Å²) < 4.78 is 6.72. The molecule has 2 aromatic rings. The summed E-state index contributed by atoms with van der Waals surface area (Å²) in [7, 11) is 1.62. The molecule has 2 atom stereocenters. The summed E-state index contributed by atoms with van der Waals surface area (Å²) in [6.45, 7) is 5.15. The molecule has 3 amide bonds. The number of nitrogens with one attached hydrogen (secondary N) is 2. The molecule has 0 aromatic carbocycles. The van der Waals surface area contributed by atoms with Gasteiger partial charge in [-0.1, -0.05) is 38.5 Å². The van der Waals surface area contributed by atoms with Crippen LogP contribution < -0.4 is 16.2 Å². The second-order valence-corrected chi connectivity index (χ2v) is 10.2. The first-order valence-corrected chi connectivity index (χ1v) is 13.0. The molecule has 1 fully saturated rings. The Balaban J connectivity index is 1.66. The van der Waals surface area contributed by atoms with E-state index in [1.54, 1.807) is 11.7 Å². The molecule has 176 valence electrons. The van der Waals surface area contributed by atoms with Crippen LogP contribution in [0.2, 0.25) is 0 Å². The number of carbonyl (C=O) groups is 2. The van der Waals surface area contributed by atoms with E-state index in [2.05, 4.69) is 22.5 Å². The number of urea groups is 1. The van der Waals surface area contributed by atoms with Gasteiger partial charge in [-0.25, -0.2) is 9.78 Å². The number of amides is 3. The summed E-state index contributed by atoms with van der Waals surface area (Å²) in [5, 5.41) is 6.43. The molecule has 1 aliphatic carbocycles. The monoisotopic (exact) mass is 480 g/mol. The molecule has 0 bridgehead atoms. The molecule has 2 aromatic heterocycles. The van der Waals surface area contributed by atoms with Crippen molar-refractivity contribution in [2.75, 3.05) is 19.5 Å². The number of fused-ring (bicyclic) bond motifs is 1. The van der Waals surface area contributed by atoms with E-state index in [4.69, 9.17) is 4.74 Å². The van der Waals surface area contributed by atoms with Crippen LogP contribution in [0, 0.1) is 5.92 Å². The van der Waals surface area contributed by atoms with E-state index >= 15 is 0 Å². The summed E-state index contributed by atoms with van der Waals surface area (Å²) in [6.07, 6.45) is 5.81. The van der Waals surface area contributed by atoms with Crippen LogP contribution >= 0.6 is 23.1 Å². The van der Waals surface area contributed by atoms with Crippen LogP contribution in [0.5, 0.6) is 0 Å². The van der Waals surface area contributed by atoms with Crippen LogP contribution in [0.25, 0.3) is 10.2 Å². The van der Waals surface area contributed by atoms with E-state index in [1.165, 1.54) is 29.5 Å². The van der Waals surface area contributed by atoms with Crippen molar-refractivity contribution in [3.8, 4) is 0 Å². The third-order valence-corrected chi connectivity index (χ3v) is 7.91. The van der Waals surface area contributed by atoms with Gasteiger partial charge in [0.05, 0.1) is 11.1 Å².